The van der Waals surface area contributed by atoms with E-state index >= 15 is 0 Å². The molecule has 0 bridgehead atoms. The van der Waals surface area contributed by atoms with Crippen molar-refractivity contribution < 1.29 is 4.74 Å². The number of aromatic nitrogens is 1. The fraction of sp³-hybridized carbons (Fsp3) is 0.545. The molecule has 0 saturated carbocycles. The second-order valence-electron chi connectivity index (χ2n) is 3.23. The van der Waals surface area contributed by atoms with Gasteiger partial charge in [-0.2, -0.15) is 0 Å². The third kappa shape index (κ3) is 2.70. The molecule has 0 fully saturated rings. The summed E-state index contributed by atoms with van der Waals surface area (Å²) in [5.74, 6) is 0.684. The quantitative estimate of drug-likeness (QED) is 0.781. The lowest BCUT2D eigenvalue weighted by molar-refractivity contribution is 0.183. The van der Waals surface area contributed by atoms with Crippen molar-refractivity contribution in [1.29, 1.82) is 0 Å². The van der Waals surface area contributed by atoms with Crippen LogP contribution >= 0.6 is 0 Å². The van der Waals surface area contributed by atoms with Gasteiger partial charge in [0.15, 0.2) is 0 Å². The summed E-state index contributed by atoms with van der Waals surface area (Å²) >= 11 is 0. The SMILES string of the molecule is CCC(CC)Oc1ncccc1CN. The van der Waals surface area contributed by atoms with E-state index in [4.69, 9.17) is 10.5 Å². The normalized spacial score (nSPS) is 10.6. The van der Waals surface area contributed by atoms with Crippen molar-refractivity contribution >= 4 is 0 Å². The van der Waals surface area contributed by atoms with Gasteiger partial charge in [0.05, 0.1) is 6.10 Å². The molecule has 0 amide bonds. The molecule has 0 saturated heterocycles. The number of ether oxygens (including phenoxy) is 1. The molecule has 1 rings (SSSR count). The van der Waals surface area contributed by atoms with Crippen LogP contribution in [-0.4, -0.2) is 11.1 Å². The Balaban J connectivity index is 2.74. The summed E-state index contributed by atoms with van der Waals surface area (Å²) in [4.78, 5) is 4.18. The summed E-state index contributed by atoms with van der Waals surface area (Å²) in [7, 11) is 0. The zero-order valence-electron chi connectivity index (χ0n) is 8.86. The predicted molar refractivity (Wildman–Crippen MR) is 57.1 cm³/mol. The minimum atomic E-state index is 0.246. The highest BCUT2D eigenvalue weighted by molar-refractivity contribution is 5.25. The zero-order chi connectivity index (χ0) is 10.4. The van der Waals surface area contributed by atoms with Gasteiger partial charge in [-0.05, 0) is 18.9 Å². The van der Waals surface area contributed by atoms with E-state index in [9.17, 15) is 0 Å². The summed E-state index contributed by atoms with van der Waals surface area (Å²) in [6.07, 6.45) is 3.97. The first-order valence-corrected chi connectivity index (χ1v) is 5.12. The first-order chi connectivity index (χ1) is 6.81. The molecule has 78 valence electrons. The molecule has 1 aromatic rings. The van der Waals surface area contributed by atoms with Gasteiger partial charge >= 0.3 is 0 Å². The fourth-order valence-corrected chi connectivity index (χ4v) is 1.30. The Morgan fingerprint density at radius 2 is 2.14 bits per heavy atom. The molecule has 3 nitrogen and oxygen atoms in total. The van der Waals surface area contributed by atoms with E-state index in [2.05, 4.69) is 18.8 Å². The topological polar surface area (TPSA) is 48.1 Å². The van der Waals surface area contributed by atoms with Gasteiger partial charge in [-0.3, -0.25) is 0 Å². The van der Waals surface area contributed by atoms with Gasteiger partial charge in [0.2, 0.25) is 5.88 Å². The van der Waals surface area contributed by atoms with Crippen molar-refractivity contribution in [3.8, 4) is 5.88 Å². The highest BCUT2D eigenvalue weighted by atomic mass is 16.5. The second kappa shape index (κ2) is 5.60. The molecule has 0 aliphatic carbocycles. The second-order valence-corrected chi connectivity index (χ2v) is 3.23. The van der Waals surface area contributed by atoms with Crippen LogP contribution < -0.4 is 10.5 Å². The average Bonchev–Trinajstić information content (AvgIpc) is 2.26. The lowest BCUT2D eigenvalue weighted by atomic mass is 10.2. The van der Waals surface area contributed by atoms with Crippen LogP contribution in [0, 0.1) is 0 Å². The summed E-state index contributed by atoms with van der Waals surface area (Å²) in [6, 6.07) is 3.83. The van der Waals surface area contributed by atoms with Gasteiger partial charge in [-0.1, -0.05) is 19.9 Å². The smallest absolute Gasteiger partial charge is 0.218 e. The van der Waals surface area contributed by atoms with E-state index in [1.54, 1.807) is 6.20 Å². The fourth-order valence-electron chi connectivity index (χ4n) is 1.30. The molecule has 0 aliphatic heterocycles. The molecule has 14 heavy (non-hydrogen) atoms. The molecule has 0 radical (unpaired) electrons. The third-order valence-electron chi connectivity index (χ3n) is 2.26. The molecule has 3 heteroatoms. The maximum Gasteiger partial charge on any atom is 0.218 e. The summed E-state index contributed by atoms with van der Waals surface area (Å²) in [6.45, 7) is 4.70. The Hall–Kier alpha value is -1.09. The van der Waals surface area contributed by atoms with E-state index < -0.39 is 0 Å². The summed E-state index contributed by atoms with van der Waals surface area (Å²) in [5.41, 5.74) is 6.56. The van der Waals surface area contributed by atoms with Gasteiger partial charge in [-0.25, -0.2) is 4.98 Å². The summed E-state index contributed by atoms with van der Waals surface area (Å²) in [5, 5.41) is 0. The average molecular weight is 194 g/mol. The van der Waals surface area contributed by atoms with E-state index in [0.717, 1.165) is 18.4 Å². The van der Waals surface area contributed by atoms with E-state index in [0.29, 0.717) is 12.4 Å². The Morgan fingerprint density at radius 3 is 2.71 bits per heavy atom. The van der Waals surface area contributed by atoms with Crippen LogP contribution in [0.5, 0.6) is 5.88 Å². The molecule has 1 aromatic heterocycles. The highest BCUT2D eigenvalue weighted by Gasteiger charge is 2.08. The Morgan fingerprint density at radius 1 is 1.43 bits per heavy atom. The minimum absolute atomic E-state index is 0.246. The number of hydrogen-bond donors (Lipinski definition) is 1. The molecule has 0 atom stereocenters. The maximum atomic E-state index is 5.74. The number of nitrogens with two attached hydrogens (primary N) is 1. The van der Waals surface area contributed by atoms with Crippen LogP contribution in [0.25, 0.3) is 0 Å². The van der Waals surface area contributed by atoms with Gasteiger partial charge < -0.3 is 10.5 Å². The molecule has 0 aromatic carbocycles. The first-order valence-electron chi connectivity index (χ1n) is 5.12. The lowest BCUT2D eigenvalue weighted by Crippen LogP contribution is -2.16. The molecule has 1 heterocycles. The van der Waals surface area contributed by atoms with Crippen molar-refractivity contribution in [2.45, 2.75) is 39.3 Å². The highest BCUT2D eigenvalue weighted by Crippen LogP contribution is 2.17. The monoisotopic (exact) mass is 194 g/mol. The molecule has 0 spiro atoms. The zero-order valence-corrected chi connectivity index (χ0v) is 8.86. The Labute approximate surface area is 85.3 Å². The van der Waals surface area contributed by atoms with Gasteiger partial charge in [0.1, 0.15) is 0 Å². The Bertz CT molecular complexity index is 272. The van der Waals surface area contributed by atoms with E-state index in [-0.39, 0.29) is 6.10 Å². The predicted octanol–water partition coefficient (Wildman–Crippen LogP) is 2.11. The third-order valence-corrected chi connectivity index (χ3v) is 2.26. The standard InChI is InChI=1S/C11H18N2O/c1-3-10(4-2)14-11-9(8-12)6-5-7-13-11/h5-7,10H,3-4,8,12H2,1-2H3. The first kappa shape index (κ1) is 11.0. The van der Waals surface area contributed by atoms with Gasteiger partial charge in [0.25, 0.3) is 0 Å². The molecular formula is C11H18N2O. The number of hydrogen-bond acceptors (Lipinski definition) is 3. The number of nitrogens with zero attached hydrogens (tertiary/aromatic N) is 1. The van der Waals surface area contributed by atoms with Crippen LogP contribution in [0.2, 0.25) is 0 Å². The lowest BCUT2D eigenvalue weighted by Gasteiger charge is -2.16. The van der Waals surface area contributed by atoms with Gasteiger partial charge in [0, 0.05) is 18.3 Å². The van der Waals surface area contributed by atoms with Crippen molar-refractivity contribution in [2.75, 3.05) is 0 Å². The van der Waals surface area contributed by atoms with Crippen molar-refractivity contribution in [2.24, 2.45) is 5.73 Å². The van der Waals surface area contributed by atoms with Crippen LogP contribution in [0.1, 0.15) is 32.3 Å². The van der Waals surface area contributed by atoms with E-state index in [1.807, 2.05) is 12.1 Å². The van der Waals surface area contributed by atoms with Crippen molar-refractivity contribution in [3.05, 3.63) is 23.9 Å². The van der Waals surface area contributed by atoms with Crippen molar-refractivity contribution in [1.82, 2.24) is 4.98 Å². The molecule has 0 unspecified atom stereocenters. The largest absolute Gasteiger partial charge is 0.474 e. The van der Waals surface area contributed by atoms with Crippen LogP contribution in [0.4, 0.5) is 0 Å². The summed E-state index contributed by atoms with van der Waals surface area (Å²) < 4.78 is 5.74. The van der Waals surface area contributed by atoms with Crippen LogP contribution in [-0.2, 0) is 6.54 Å². The number of rotatable bonds is 5. The maximum absolute atomic E-state index is 5.74. The van der Waals surface area contributed by atoms with Crippen LogP contribution in [0.15, 0.2) is 18.3 Å². The molecule has 0 aliphatic rings. The Kier molecular flexibility index (Phi) is 4.40. The van der Waals surface area contributed by atoms with Crippen LogP contribution in [0.3, 0.4) is 0 Å². The van der Waals surface area contributed by atoms with E-state index in [1.165, 1.54) is 0 Å². The number of pyridine rings is 1. The molecular weight excluding hydrogens is 176 g/mol. The minimum Gasteiger partial charge on any atom is -0.474 e. The molecule has 2 N–H and O–H groups in total. The van der Waals surface area contributed by atoms with Gasteiger partial charge in [-0.15, -0.1) is 0 Å². The van der Waals surface area contributed by atoms with Crippen molar-refractivity contribution in [3.63, 3.8) is 0 Å².